The fourth-order valence-electron chi connectivity index (χ4n) is 5.00. The van der Waals surface area contributed by atoms with Gasteiger partial charge in [0.15, 0.2) is 0 Å². The van der Waals surface area contributed by atoms with E-state index in [0.717, 1.165) is 5.39 Å². The van der Waals surface area contributed by atoms with Gasteiger partial charge in [0.25, 0.3) is 11.5 Å². The Morgan fingerprint density at radius 1 is 1.05 bits per heavy atom. The number of carbonyl (C=O) groups excluding carboxylic acids is 1. The second-order valence-corrected chi connectivity index (χ2v) is 10.4. The van der Waals surface area contributed by atoms with E-state index in [1.807, 2.05) is 31.2 Å². The third-order valence-corrected chi connectivity index (χ3v) is 7.20. The van der Waals surface area contributed by atoms with Crippen molar-refractivity contribution in [2.45, 2.75) is 32.9 Å². The zero-order valence-electron chi connectivity index (χ0n) is 24.4. The van der Waals surface area contributed by atoms with Crippen molar-refractivity contribution < 1.29 is 24.2 Å². The molecule has 0 spiro atoms. The highest BCUT2D eigenvalue weighted by Crippen LogP contribution is 2.31. The van der Waals surface area contributed by atoms with Crippen molar-refractivity contribution >= 4 is 28.6 Å². The number of carbonyl (C=O) groups is 2. The minimum absolute atomic E-state index is 0.0515. The maximum atomic E-state index is 13.7. The van der Waals surface area contributed by atoms with E-state index < -0.39 is 23.5 Å². The predicted molar refractivity (Wildman–Crippen MR) is 165 cm³/mol. The van der Waals surface area contributed by atoms with Crippen LogP contribution in [0.2, 0.25) is 0 Å². The van der Waals surface area contributed by atoms with Crippen molar-refractivity contribution in [2.75, 3.05) is 12.4 Å². The lowest BCUT2D eigenvalue weighted by Gasteiger charge is -2.19. The molecular weight excluding hydrogens is 564 g/mol. The quantitative estimate of drug-likeness (QED) is 0.201. The zero-order valence-corrected chi connectivity index (χ0v) is 24.4. The van der Waals surface area contributed by atoms with Gasteiger partial charge in [0.05, 0.1) is 30.2 Å². The van der Waals surface area contributed by atoms with E-state index in [9.17, 15) is 19.5 Å². The molecule has 12 nitrogen and oxygen atoms in total. The Morgan fingerprint density at radius 2 is 1.80 bits per heavy atom. The van der Waals surface area contributed by atoms with Crippen LogP contribution in [-0.4, -0.2) is 49.5 Å². The maximum absolute atomic E-state index is 13.7. The normalized spacial score (nSPS) is 12.5. The van der Waals surface area contributed by atoms with Gasteiger partial charge in [0.2, 0.25) is 0 Å². The molecule has 2 unspecified atom stereocenters. The van der Waals surface area contributed by atoms with Crippen molar-refractivity contribution in [2.24, 2.45) is 11.7 Å². The molecule has 5 rings (SSSR count). The molecule has 0 radical (unpaired) electrons. The van der Waals surface area contributed by atoms with Crippen LogP contribution in [0.15, 0.2) is 83.9 Å². The summed E-state index contributed by atoms with van der Waals surface area (Å²) in [4.78, 5) is 47.1. The fraction of sp³-hybridized carbons (Fsp3) is 0.219. The van der Waals surface area contributed by atoms with E-state index >= 15 is 0 Å². The van der Waals surface area contributed by atoms with Crippen molar-refractivity contribution in [1.29, 1.82) is 0 Å². The van der Waals surface area contributed by atoms with Crippen LogP contribution in [0, 0.1) is 12.8 Å². The van der Waals surface area contributed by atoms with Gasteiger partial charge < -0.3 is 25.6 Å². The number of carboxylic acids is 1. The molecule has 0 aliphatic heterocycles. The van der Waals surface area contributed by atoms with Gasteiger partial charge in [-0.15, -0.1) is 0 Å². The Balaban J connectivity index is 1.38. The summed E-state index contributed by atoms with van der Waals surface area (Å²) in [5, 5.41) is 12.7. The summed E-state index contributed by atoms with van der Waals surface area (Å²) in [5.41, 5.74) is 6.89. The van der Waals surface area contributed by atoms with Crippen molar-refractivity contribution in [1.82, 2.24) is 19.3 Å². The number of aliphatic carboxylic acids is 1. The highest BCUT2D eigenvalue weighted by Gasteiger charge is 2.26. The number of benzene rings is 2. The number of amides is 1. The first-order valence-electron chi connectivity index (χ1n) is 13.9. The number of methoxy groups -OCH3 is 1. The van der Waals surface area contributed by atoms with Gasteiger partial charge in [-0.1, -0.05) is 25.1 Å². The zero-order chi connectivity index (χ0) is 31.4. The number of hydrogen-bond donors (Lipinski definition) is 3. The fourth-order valence-corrected chi connectivity index (χ4v) is 5.00. The second-order valence-electron chi connectivity index (χ2n) is 10.4. The number of ether oxygens (including phenoxy) is 2. The second kappa shape index (κ2) is 12.8. The summed E-state index contributed by atoms with van der Waals surface area (Å²) in [6, 6.07) is 18.3. The average Bonchev–Trinajstić information content (AvgIpc) is 3.26. The molecule has 12 heteroatoms. The molecule has 3 heterocycles. The third kappa shape index (κ3) is 6.30. The number of nitrogens with one attached hydrogen (secondary N) is 1. The Kier molecular flexibility index (Phi) is 8.72. The molecule has 1 amide bonds. The molecule has 4 N–H and O–H groups in total. The minimum Gasteiger partial charge on any atom is -0.497 e. The summed E-state index contributed by atoms with van der Waals surface area (Å²) in [5.74, 6) is 0.00152. The minimum atomic E-state index is -1.10. The number of aromatic nitrogens is 4. The van der Waals surface area contributed by atoms with Gasteiger partial charge in [0.1, 0.15) is 34.7 Å². The van der Waals surface area contributed by atoms with Crippen LogP contribution in [0.25, 0.3) is 16.6 Å². The molecule has 0 saturated heterocycles. The lowest BCUT2D eigenvalue weighted by Crippen LogP contribution is -2.33. The van der Waals surface area contributed by atoms with Gasteiger partial charge in [-0.3, -0.25) is 24.0 Å². The van der Waals surface area contributed by atoms with Crippen LogP contribution in [0.1, 0.15) is 29.4 Å². The number of nitrogens with zero attached hydrogens (tertiary/aromatic N) is 4. The van der Waals surface area contributed by atoms with E-state index in [1.54, 1.807) is 67.4 Å². The summed E-state index contributed by atoms with van der Waals surface area (Å²) in [7, 11) is 1.59. The number of rotatable bonds is 11. The lowest BCUT2D eigenvalue weighted by molar-refractivity contribution is -0.138. The molecule has 0 aliphatic rings. The first-order valence-corrected chi connectivity index (χ1v) is 13.9. The number of pyridine rings is 2. The Morgan fingerprint density at radius 3 is 2.48 bits per heavy atom. The number of nitrogens with two attached hydrogens (primary N) is 1. The third-order valence-electron chi connectivity index (χ3n) is 7.20. The summed E-state index contributed by atoms with van der Waals surface area (Å²) in [6.07, 6.45) is 3.30. The molecule has 44 heavy (non-hydrogen) atoms. The van der Waals surface area contributed by atoms with E-state index in [1.165, 1.54) is 10.9 Å². The van der Waals surface area contributed by atoms with E-state index in [0.29, 0.717) is 34.1 Å². The summed E-state index contributed by atoms with van der Waals surface area (Å²) in [6.45, 7) is 3.80. The monoisotopic (exact) mass is 596 g/mol. The maximum Gasteiger partial charge on any atom is 0.320 e. The largest absolute Gasteiger partial charge is 0.497 e. The number of hydrogen-bond acceptors (Lipinski definition) is 8. The van der Waals surface area contributed by atoms with Crippen LogP contribution >= 0.6 is 0 Å². The molecule has 5 aromatic rings. The van der Waals surface area contributed by atoms with Crippen LogP contribution in [0.3, 0.4) is 0 Å². The first-order chi connectivity index (χ1) is 21.2. The Bertz CT molecular complexity index is 1870. The van der Waals surface area contributed by atoms with Crippen LogP contribution in [0.4, 0.5) is 5.82 Å². The lowest BCUT2D eigenvalue weighted by atomic mass is 10.0. The predicted octanol–water partition coefficient (Wildman–Crippen LogP) is 4.38. The van der Waals surface area contributed by atoms with Crippen molar-refractivity contribution in [3.05, 3.63) is 101 Å². The SMILES string of the molecule is COc1ccc2c(Oc3ccc(NC(=O)c4c(C)n(CC(C)CC(N)C(=O)O)n(-c5ccccc5)c4=O)nc3)ccnc2c1. The van der Waals surface area contributed by atoms with E-state index in [-0.39, 0.29) is 30.3 Å². The highest BCUT2D eigenvalue weighted by molar-refractivity contribution is 6.04. The van der Waals surface area contributed by atoms with Crippen molar-refractivity contribution in [3.8, 4) is 22.9 Å². The molecule has 2 atom stereocenters. The molecule has 2 aromatic carbocycles. The van der Waals surface area contributed by atoms with E-state index in [4.69, 9.17) is 15.2 Å². The highest BCUT2D eigenvalue weighted by atomic mass is 16.5. The average molecular weight is 597 g/mol. The first kappa shape index (κ1) is 30.0. The summed E-state index contributed by atoms with van der Waals surface area (Å²) < 4.78 is 14.4. The molecule has 0 bridgehead atoms. The number of anilines is 1. The van der Waals surface area contributed by atoms with Crippen LogP contribution in [-0.2, 0) is 11.3 Å². The van der Waals surface area contributed by atoms with Crippen LogP contribution in [0.5, 0.6) is 17.2 Å². The molecular formula is C32H32N6O6. The summed E-state index contributed by atoms with van der Waals surface area (Å²) >= 11 is 0. The number of fused-ring (bicyclic) bond motifs is 1. The van der Waals surface area contributed by atoms with Gasteiger partial charge in [-0.05, 0) is 61.7 Å². The number of para-hydroxylation sites is 1. The molecule has 226 valence electrons. The molecule has 3 aromatic heterocycles. The topological polar surface area (TPSA) is 164 Å². The number of carboxylic acid groups (broad SMARTS) is 1. The van der Waals surface area contributed by atoms with E-state index in [2.05, 4.69) is 15.3 Å². The standard InChI is InChI=1S/C32H32N6O6/c1-19(15-25(33)32(41)42)18-37-20(2)29(31(40)38(37)21-7-5-4-6-8-21)30(39)36-28-12-10-23(17-35-28)44-27-13-14-34-26-16-22(43-3)9-11-24(26)27/h4-14,16-17,19,25H,15,18,33H2,1-3H3,(H,41,42)(H,35,36,39). The molecule has 0 saturated carbocycles. The molecule has 0 aliphatic carbocycles. The van der Waals surface area contributed by atoms with Gasteiger partial charge >= 0.3 is 5.97 Å². The van der Waals surface area contributed by atoms with Gasteiger partial charge in [0, 0.05) is 24.2 Å². The smallest absolute Gasteiger partial charge is 0.320 e. The van der Waals surface area contributed by atoms with Gasteiger partial charge in [-0.25, -0.2) is 9.67 Å². The Labute approximate surface area is 252 Å². The van der Waals surface area contributed by atoms with Crippen molar-refractivity contribution in [3.63, 3.8) is 0 Å². The van der Waals surface area contributed by atoms with Gasteiger partial charge in [-0.2, -0.15) is 0 Å². The van der Waals surface area contributed by atoms with Crippen LogP contribution < -0.4 is 26.1 Å². The Hall–Kier alpha value is -5.49. The molecule has 0 fully saturated rings.